The summed E-state index contributed by atoms with van der Waals surface area (Å²) in [6.07, 6.45) is 1.08. The van der Waals surface area contributed by atoms with Crippen LogP contribution in [0, 0.1) is 0 Å². The minimum absolute atomic E-state index is 0.211. The van der Waals surface area contributed by atoms with Crippen molar-refractivity contribution >= 4 is 12.2 Å². The molecule has 0 saturated heterocycles. The minimum atomic E-state index is -1.18. The highest BCUT2D eigenvalue weighted by Gasteiger charge is 2.48. The quantitative estimate of drug-likeness (QED) is 0.699. The Morgan fingerprint density at radius 2 is 2.22 bits per heavy atom. The first kappa shape index (κ1) is 11.6. The zero-order chi connectivity index (χ0) is 12.9. The van der Waals surface area contributed by atoms with Gasteiger partial charge in [-0.15, -0.1) is 0 Å². The molecule has 3 unspecified atom stereocenters. The lowest BCUT2D eigenvalue weighted by atomic mass is 10.0. The first-order chi connectivity index (χ1) is 8.59. The number of alkyl halides is 1. The molecule has 5 nitrogen and oxygen atoms in total. The predicted molar refractivity (Wildman–Crippen MR) is 62.6 cm³/mol. The average molecular weight is 256 g/mol. The Morgan fingerprint density at radius 3 is 2.89 bits per heavy atom. The van der Waals surface area contributed by atoms with Crippen LogP contribution in [0.1, 0.15) is 12.8 Å². The fraction of sp³-hybridized carbons (Fsp3) is 0.636. The lowest BCUT2D eigenvalue weighted by molar-refractivity contribution is 0.0684. The Labute approximate surface area is 103 Å². The molecule has 0 aromatic rings. The van der Waals surface area contributed by atoms with Crippen LogP contribution in [0.15, 0.2) is 22.0 Å². The largest absolute Gasteiger partial charge is 0.391 e. The van der Waals surface area contributed by atoms with E-state index in [-0.39, 0.29) is 12.3 Å². The van der Waals surface area contributed by atoms with E-state index in [2.05, 4.69) is 9.98 Å². The second-order valence-corrected chi connectivity index (χ2v) is 4.82. The number of amidine groups is 1. The van der Waals surface area contributed by atoms with E-state index in [0.29, 0.717) is 6.42 Å². The van der Waals surface area contributed by atoms with Gasteiger partial charge in [-0.2, -0.15) is 0 Å². The lowest BCUT2D eigenvalue weighted by Crippen LogP contribution is -2.53. The van der Waals surface area contributed by atoms with Gasteiger partial charge in [0, 0.05) is 0 Å². The van der Waals surface area contributed by atoms with E-state index in [4.69, 9.17) is 5.73 Å². The third-order valence-corrected chi connectivity index (χ3v) is 3.75. The molecule has 18 heavy (non-hydrogen) atoms. The molecule has 0 amide bonds. The first-order valence-electron chi connectivity index (χ1n) is 5.91. The van der Waals surface area contributed by atoms with E-state index in [9.17, 15) is 13.9 Å². The summed E-state index contributed by atoms with van der Waals surface area (Å²) in [7, 11) is 0. The van der Waals surface area contributed by atoms with Crippen LogP contribution in [-0.2, 0) is 0 Å². The van der Waals surface area contributed by atoms with Gasteiger partial charge in [0.25, 0.3) is 0 Å². The maximum atomic E-state index is 13.8. The summed E-state index contributed by atoms with van der Waals surface area (Å²) in [5, 5.41) is 9.82. The molecule has 0 aromatic carbocycles. The Hall–Kier alpha value is -1.50. The Kier molecular flexibility index (Phi) is 2.58. The third kappa shape index (κ3) is 1.53. The van der Waals surface area contributed by atoms with Gasteiger partial charge in [-0.1, -0.05) is 0 Å². The number of hydrogen-bond acceptors (Lipinski definition) is 5. The number of hydrogen-bond donors (Lipinski definition) is 2. The molecule has 2 heterocycles. The van der Waals surface area contributed by atoms with Crippen molar-refractivity contribution in [1.29, 1.82) is 0 Å². The molecule has 3 rings (SSSR count). The average Bonchev–Trinajstić information content (AvgIpc) is 2.89. The summed E-state index contributed by atoms with van der Waals surface area (Å²) in [6, 6.07) is -2.14. The molecule has 0 aromatic heterocycles. The number of nitrogens with two attached hydrogens (primary N) is 1. The Bertz CT molecular complexity index is 440. The Balaban J connectivity index is 1.90. The van der Waals surface area contributed by atoms with Crippen molar-refractivity contribution in [2.24, 2.45) is 15.7 Å². The molecule has 1 fully saturated rings. The van der Waals surface area contributed by atoms with Gasteiger partial charge in [0.05, 0.1) is 24.7 Å². The summed E-state index contributed by atoms with van der Waals surface area (Å²) < 4.78 is 27.6. The highest BCUT2D eigenvalue weighted by molar-refractivity contribution is 5.91. The van der Waals surface area contributed by atoms with Gasteiger partial charge in [-0.05, 0) is 12.8 Å². The molecule has 5 atom stereocenters. The molecular weight excluding hydrogens is 242 g/mol. The standard InChI is InChI=1S/C11H14F2N4O/c12-5-1-2-7(18)9(5)17-4-16-8-10(17)6(13)3-15-11(8)14/h3-5,7-10,18H,1-2H2,(H2,14,15)/t5?,7-,8?,9-,10?/m1/s1. The van der Waals surface area contributed by atoms with Crippen molar-refractivity contribution in [3.8, 4) is 0 Å². The van der Waals surface area contributed by atoms with Crippen LogP contribution in [0.4, 0.5) is 8.78 Å². The number of aliphatic hydroxyl groups excluding tert-OH is 1. The normalized spacial score (nSPS) is 42.8. The summed E-state index contributed by atoms with van der Waals surface area (Å²) in [5.41, 5.74) is 5.65. The van der Waals surface area contributed by atoms with Crippen molar-refractivity contribution in [2.45, 2.75) is 43.2 Å². The number of nitrogens with zero attached hydrogens (tertiary/aromatic N) is 3. The zero-order valence-corrected chi connectivity index (χ0v) is 9.58. The van der Waals surface area contributed by atoms with E-state index in [0.717, 1.165) is 6.20 Å². The second-order valence-electron chi connectivity index (χ2n) is 4.82. The maximum Gasteiger partial charge on any atom is 0.143 e. The predicted octanol–water partition coefficient (Wildman–Crippen LogP) is 0.111. The van der Waals surface area contributed by atoms with E-state index < -0.39 is 36.2 Å². The van der Waals surface area contributed by atoms with Gasteiger partial charge < -0.3 is 15.7 Å². The third-order valence-electron chi connectivity index (χ3n) is 3.75. The molecule has 1 saturated carbocycles. The van der Waals surface area contributed by atoms with Crippen molar-refractivity contribution in [1.82, 2.24) is 4.90 Å². The van der Waals surface area contributed by atoms with Gasteiger partial charge in [-0.25, -0.2) is 13.8 Å². The highest BCUT2D eigenvalue weighted by atomic mass is 19.1. The van der Waals surface area contributed by atoms with Gasteiger partial charge in [0.15, 0.2) is 0 Å². The van der Waals surface area contributed by atoms with Crippen LogP contribution < -0.4 is 5.73 Å². The molecule has 2 aliphatic heterocycles. The van der Waals surface area contributed by atoms with Gasteiger partial charge >= 0.3 is 0 Å². The summed E-state index contributed by atoms with van der Waals surface area (Å²) in [4.78, 5) is 9.23. The number of rotatable bonds is 1. The molecule has 98 valence electrons. The topological polar surface area (TPSA) is 74.2 Å². The minimum Gasteiger partial charge on any atom is -0.391 e. The monoisotopic (exact) mass is 256 g/mol. The number of aliphatic imine (C=N–C) groups is 2. The Morgan fingerprint density at radius 1 is 1.44 bits per heavy atom. The lowest BCUT2D eigenvalue weighted by Gasteiger charge is -2.35. The van der Waals surface area contributed by atoms with Crippen LogP contribution in [0.3, 0.4) is 0 Å². The zero-order valence-electron chi connectivity index (χ0n) is 9.58. The van der Waals surface area contributed by atoms with Crippen LogP contribution in [-0.4, -0.2) is 52.6 Å². The van der Waals surface area contributed by atoms with Gasteiger partial charge in [0.2, 0.25) is 0 Å². The van der Waals surface area contributed by atoms with Crippen molar-refractivity contribution in [2.75, 3.05) is 0 Å². The van der Waals surface area contributed by atoms with Crippen LogP contribution in [0.25, 0.3) is 0 Å². The maximum absolute atomic E-state index is 13.8. The molecular formula is C11H14F2N4O. The number of aliphatic hydroxyl groups is 1. The molecule has 0 bridgehead atoms. The van der Waals surface area contributed by atoms with E-state index in [1.165, 1.54) is 11.2 Å². The van der Waals surface area contributed by atoms with Gasteiger partial charge in [-0.3, -0.25) is 4.99 Å². The van der Waals surface area contributed by atoms with E-state index >= 15 is 0 Å². The van der Waals surface area contributed by atoms with Crippen molar-refractivity contribution < 1.29 is 13.9 Å². The fourth-order valence-electron chi connectivity index (χ4n) is 2.85. The van der Waals surface area contributed by atoms with Crippen LogP contribution in [0.5, 0.6) is 0 Å². The molecule has 7 heteroatoms. The van der Waals surface area contributed by atoms with E-state index in [1.54, 1.807) is 0 Å². The van der Waals surface area contributed by atoms with Crippen molar-refractivity contribution in [3.05, 3.63) is 12.0 Å². The highest BCUT2D eigenvalue weighted by Crippen LogP contribution is 2.34. The SMILES string of the molecule is NC1=NC=C(F)C2C1N=CN2[C@@H]1C(F)CC[C@H]1O. The second kappa shape index (κ2) is 4.01. The fourth-order valence-corrected chi connectivity index (χ4v) is 2.85. The summed E-state index contributed by atoms with van der Waals surface area (Å²) in [6.45, 7) is 0. The molecule has 3 aliphatic rings. The smallest absolute Gasteiger partial charge is 0.143 e. The van der Waals surface area contributed by atoms with E-state index in [1.807, 2.05) is 0 Å². The number of fused-ring (bicyclic) bond motifs is 1. The van der Waals surface area contributed by atoms with Crippen LogP contribution >= 0.6 is 0 Å². The first-order valence-corrected chi connectivity index (χ1v) is 5.91. The van der Waals surface area contributed by atoms with Gasteiger partial charge in [0.1, 0.15) is 29.9 Å². The van der Waals surface area contributed by atoms with Crippen molar-refractivity contribution in [3.63, 3.8) is 0 Å². The van der Waals surface area contributed by atoms with Crippen LogP contribution in [0.2, 0.25) is 0 Å². The molecule has 3 N–H and O–H groups in total. The molecule has 1 aliphatic carbocycles. The summed E-state index contributed by atoms with van der Waals surface area (Å²) >= 11 is 0. The molecule has 0 spiro atoms. The molecule has 0 radical (unpaired) electrons. The summed E-state index contributed by atoms with van der Waals surface area (Å²) in [5.74, 6) is -0.291. The number of halogens is 2.